The van der Waals surface area contributed by atoms with Gasteiger partial charge < -0.3 is 20.3 Å². The molecule has 2 aliphatic heterocycles. The maximum Gasteiger partial charge on any atom is 0.306 e. The van der Waals surface area contributed by atoms with E-state index in [9.17, 15) is 22.8 Å². The second kappa shape index (κ2) is 15.7. The lowest BCUT2D eigenvalue weighted by atomic mass is 9.88. The van der Waals surface area contributed by atoms with Crippen LogP contribution in [0.1, 0.15) is 49.7 Å². The van der Waals surface area contributed by atoms with Crippen LogP contribution >= 0.6 is 0 Å². The maximum atomic E-state index is 12.2. The number of nitrogens with two attached hydrogens (primary N) is 1. The van der Waals surface area contributed by atoms with Gasteiger partial charge in [-0.15, -0.1) is 0 Å². The van der Waals surface area contributed by atoms with Crippen LogP contribution in [0.2, 0.25) is 0 Å². The second-order valence-corrected chi connectivity index (χ2v) is 13.0. The number of hydrogen-bond acceptors (Lipinski definition) is 8. The highest BCUT2D eigenvalue weighted by Crippen LogP contribution is 2.32. The van der Waals surface area contributed by atoms with Crippen LogP contribution in [-0.4, -0.2) is 74.3 Å². The molecule has 46 heavy (non-hydrogen) atoms. The second-order valence-electron chi connectivity index (χ2n) is 11.6. The molecule has 0 spiro atoms. The Balaban J connectivity index is 0.000000369. The molecular formula is C34H40N4O7S. The van der Waals surface area contributed by atoms with E-state index in [0.29, 0.717) is 42.9 Å². The Labute approximate surface area is 269 Å². The van der Waals surface area contributed by atoms with Crippen molar-refractivity contribution in [1.82, 2.24) is 4.90 Å². The van der Waals surface area contributed by atoms with Crippen molar-refractivity contribution in [2.45, 2.75) is 50.3 Å². The molecule has 2 aromatic rings. The number of anilines is 1. The fourth-order valence-electron chi connectivity index (χ4n) is 5.64. The van der Waals surface area contributed by atoms with Gasteiger partial charge in [0.2, 0.25) is 5.91 Å². The van der Waals surface area contributed by atoms with Crippen molar-refractivity contribution >= 4 is 45.0 Å². The largest absolute Gasteiger partial charge is 0.464 e. The highest BCUT2D eigenvalue weighted by Gasteiger charge is 2.24. The molecule has 1 aliphatic carbocycles. The van der Waals surface area contributed by atoms with E-state index in [1.807, 2.05) is 31.1 Å². The first-order chi connectivity index (χ1) is 21.9. The number of nitrogens with one attached hydrogen (secondary N) is 1. The summed E-state index contributed by atoms with van der Waals surface area (Å²) in [4.78, 5) is 39.3. The number of rotatable bonds is 9. The van der Waals surface area contributed by atoms with Crippen LogP contribution < -0.4 is 10.6 Å². The van der Waals surface area contributed by atoms with Gasteiger partial charge in [0.1, 0.15) is 18.4 Å². The Morgan fingerprint density at radius 1 is 1.07 bits per heavy atom. The summed E-state index contributed by atoms with van der Waals surface area (Å²) in [5, 5.41) is 7.58. The molecule has 2 heterocycles. The van der Waals surface area contributed by atoms with E-state index in [1.54, 1.807) is 23.1 Å². The van der Waals surface area contributed by atoms with E-state index in [1.165, 1.54) is 12.1 Å². The Bertz CT molecular complexity index is 1650. The van der Waals surface area contributed by atoms with Gasteiger partial charge in [0.25, 0.3) is 10.1 Å². The van der Waals surface area contributed by atoms with E-state index in [0.717, 1.165) is 61.3 Å². The number of amidine groups is 1. The summed E-state index contributed by atoms with van der Waals surface area (Å²) in [5.74, 6) is 2.25. The Kier molecular flexibility index (Phi) is 11.7. The molecule has 1 amide bonds. The van der Waals surface area contributed by atoms with Crippen LogP contribution in [0.15, 0.2) is 76.7 Å². The van der Waals surface area contributed by atoms with Gasteiger partial charge in [-0.2, -0.15) is 8.42 Å². The predicted molar refractivity (Wildman–Crippen MR) is 176 cm³/mol. The minimum absolute atomic E-state index is 0.0290. The monoisotopic (exact) mass is 648 g/mol. The van der Waals surface area contributed by atoms with E-state index in [-0.39, 0.29) is 29.2 Å². The fourth-order valence-corrected chi connectivity index (χ4v) is 6.12. The summed E-state index contributed by atoms with van der Waals surface area (Å²) in [6.07, 6.45) is 7.68. The zero-order valence-corrected chi connectivity index (χ0v) is 26.7. The smallest absolute Gasteiger partial charge is 0.306 e. The molecule has 2 saturated heterocycles. The SMILES string of the molecule is Cc1ccc(S(=O)(=O)O)cc1.N=C(N)C1=CC=C(c2ccc(N3CCC(CC(=O)OCCN4CCCC4=O)CC3)cc2)C(=C=O)C1. The number of piperidine rings is 1. The minimum Gasteiger partial charge on any atom is -0.464 e. The van der Waals surface area contributed by atoms with Crippen LogP contribution in [0.25, 0.3) is 5.57 Å². The van der Waals surface area contributed by atoms with Crippen LogP contribution in [0.5, 0.6) is 0 Å². The van der Waals surface area contributed by atoms with Gasteiger partial charge in [0.15, 0.2) is 0 Å². The third-order valence-corrected chi connectivity index (χ3v) is 9.21. The van der Waals surface area contributed by atoms with E-state index in [4.69, 9.17) is 20.4 Å². The minimum atomic E-state index is -4.02. The highest BCUT2D eigenvalue weighted by atomic mass is 32.2. The number of likely N-dealkylation sites (tertiary alicyclic amines) is 1. The average Bonchev–Trinajstić information content (AvgIpc) is 3.45. The summed E-state index contributed by atoms with van der Waals surface area (Å²) in [5.41, 5.74) is 10.5. The van der Waals surface area contributed by atoms with Crippen molar-refractivity contribution in [1.29, 1.82) is 5.41 Å². The van der Waals surface area contributed by atoms with Crippen molar-refractivity contribution in [2.75, 3.05) is 37.7 Å². The number of esters is 1. The molecule has 244 valence electrons. The summed E-state index contributed by atoms with van der Waals surface area (Å²) in [6, 6.07) is 14.1. The fraction of sp³-hybridized carbons (Fsp3) is 0.382. The predicted octanol–water partition coefficient (Wildman–Crippen LogP) is 4.11. The zero-order valence-electron chi connectivity index (χ0n) is 25.9. The zero-order chi connectivity index (χ0) is 33.3. The lowest BCUT2D eigenvalue weighted by Gasteiger charge is -2.33. The third kappa shape index (κ3) is 9.50. The van der Waals surface area contributed by atoms with E-state index >= 15 is 0 Å². The normalized spacial score (nSPS) is 17.0. The number of aryl methyl sites for hydroxylation is 1. The Morgan fingerprint density at radius 2 is 1.74 bits per heavy atom. The summed E-state index contributed by atoms with van der Waals surface area (Å²) >= 11 is 0. The molecule has 3 aliphatic rings. The Morgan fingerprint density at radius 3 is 2.30 bits per heavy atom. The molecule has 0 bridgehead atoms. The molecule has 0 radical (unpaired) electrons. The third-order valence-electron chi connectivity index (χ3n) is 8.34. The van der Waals surface area contributed by atoms with Crippen molar-refractivity contribution in [3.63, 3.8) is 0 Å². The number of amides is 1. The molecule has 0 aromatic heterocycles. The lowest BCUT2D eigenvalue weighted by Crippen LogP contribution is -2.34. The molecule has 11 nitrogen and oxygen atoms in total. The first-order valence-electron chi connectivity index (χ1n) is 15.3. The molecule has 5 rings (SSSR count). The molecule has 0 saturated carbocycles. The van der Waals surface area contributed by atoms with Crippen molar-refractivity contribution < 1.29 is 32.1 Å². The summed E-state index contributed by atoms with van der Waals surface area (Å²) in [6.45, 7) is 5.11. The molecule has 4 N–H and O–H groups in total. The van der Waals surface area contributed by atoms with Gasteiger partial charge in [0.05, 0.1) is 11.4 Å². The molecule has 12 heteroatoms. The number of carbonyl (C=O) groups excluding carboxylic acids is 3. The van der Waals surface area contributed by atoms with Crippen LogP contribution in [0.3, 0.4) is 0 Å². The van der Waals surface area contributed by atoms with Gasteiger partial charge in [0, 0.05) is 50.2 Å². The standard InChI is InChI=1S/C27H32N4O4.C7H8O3S/c28-27(29)21-5-8-24(22(17-21)18-32)20-3-6-23(7-4-20)30-12-9-19(10-13-30)16-26(34)35-15-14-31-11-1-2-25(31)33;1-6-2-4-7(5-3-6)11(8,9)10/h3-8,19H,1-2,9-17H2,(H3,28,29);2-5H,1H3,(H,8,9,10). The van der Waals surface area contributed by atoms with E-state index < -0.39 is 10.1 Å². The van der Waals surface area contributed by atoms with Gasteiger partial charge >= 0.3 is 5.97 Å². The number of benzene rings is 2. The lowest BCUT2D eigenvalue weighted by molar-refractivity contribution is -0.146. The van der Waals surface area contributed by atoms with Gasteiger partial charge in [-0.1, -0.05) is 42.0 Å². The molecule has 2 aromatic carbocycles. The highest BCUT2D eigenvalue weighted by molar-refractivity contribution is 7.85. The van der Waals surface area contributed by atoms with Crippen LogP contribution in [-0.2, 0) is 29.2 Å². The molecular weight excluding hydrogens is 608 g/mol. The number of ether oxygens (including phenoxy) is 1. The van der Waals surface area contributed by atoms with Crippen molar-refractivity contribution in [3.8, 4) is 0 Å². The van der Waals surface area contributed by atoms with Crippen LogP contribution in [0.4, 0.5) is 5.69 Å². The van der Waals surface area contributed by atoms with Crippen molar-refractivity contribution in [3.05, 3.63) is 83.0 Å². The number of nitrogens with zero attached hydrogens (tertiary/aromatic N) is 2. The first-order valence-corrected chi connectivity index (χ1v) is 16.7. The topological polar surface area (TPSA) is 171 Å². The number of hydrogen-bond donors (Lipinski definition) is 3. The quantitative estimate of drug-likeness (QED) is 0.119. The average molecular weight is 649 g/mol. The van der Waals surface area contributed by atoms with Crippen molar-refractivity contribution in [2.24, 2.45) is 11.7 Å². The van der Waals surface area contributed by atoms with Gasteiger partial charge in [-0.3, -0.25) is 19.6 Å². The molecule has 2 fully saturated rings. The first kappa shape index (κ1) is 34.4. The Hall–Kier alpha value is -4.51. The summed E-state index contributed by atoms with van der Waals surface area (Å²) in [7, 11) is -4.02. The van der Waals surface area contributed by atoms with Gasteiger partial charge in [-0.25, -0.2) is 4.79 Å². The number of allylic oxidation sites excluding steroid dienone is 4. The molecule has 0 atom stereocenters. The number of carbonyl (C=O) groups is 2. The molecule has 0 unspecified atom stereocenters. The van der Waals surface area contributed by atoms with E-state index in [2.05, 4.69) is 17.0 Å². The van der Waals surface area contributed by atoms with Crippen LogP contribution in [0, 0.1) is 18.3 Å². The maximum absolute atomic E-state index is 12.2. The summed E-state index contributed by atoms with van der Waals surface area (Å²) < 4.78 is 34.9. The van der Waals surface area contributed by atoms with Gasteiger partial charge in [-0.05, 0) is 73.1 Å².